The molecule has 5 nitrogen and oxygen atoms in total. The number of fused-ring (bicyclic) bond motifs is 3. The first-order chi connectivity index (χ1) is 11.6. The quantitative estimate of drug-likeness (QED) is 0.777. The maximum atomic E-state index is 12.3. The molecule has 0 fully saturated rings. The number of aryl methyl sites for hydroxylation is 1. The van der Waals surface area contributed by atoms with Gasteiger partial charge in [0.05, 0.1) is 12.6 Å². The van der Waals surface area contributed by atoms with E-state index in [-0.39, 0.29) is 5.91 Å². The Morgan fingerprint density at radius 1 is 1.33 bits per heavy atom. The van der Waals surface area contributed by atoms with E-state index < -0.39 is 0 Å². The van der Waals surface area contributed by atoms with Gasteiger partial charge in [0.1, 0.15) is 5.69 Å². The van der Waals surface area contributed by atoms with Gasteiger partial charge in [-0.15, -0.1) is 0 Å². The molecule has 0 atom stereocenters. The van der Waals surface area contributed by atoms with E-state index in [2.05, 4.69) is 14.9 Å². The van der Waals surface area contributed by atoms with Crippen molar-refractivity contribution in [1.29, 1.82) is 0 Å². The molecule has 0 unspecified atom stereocenters. The molecule has 1 amide bonds. The highest BCUT2D eigenvalue weighted by Crippen LogP contribution is 2.37. The zero-order valence-corrected chi connectivity index (χ0v) is 14.1. The average Bonchev–Trinajstić information content (AvgIpc) is 2.88. The minimum Gasteiger partial charge on any atom is -0.481 e. The Bertz CT molecular complexity index is 961. The number of ether oxygens (including phenoxy) is 1. The Kier molecular flexibility index (Phi) is 3.46. The summed E-state index contributed by atoms with van der Waals surface area (Å²) >= 11 is 6.35. The maximum absolute atomic E-state index is 12.3. The number of rotatable bonds is 2. The molecule has 2 aromatic heterocycles. The van der Waals surface area contributed by atoms with Crippen molar-refractivity contribution in [3.8, 4) is 17.0 Å². The predicted octanol–water partition coefficient (Wildman–Crippen LogP) is 3.42. The molecule has 1 aliphatic rings. The SMILES string of the molecule is COc1ccc(-c2cc(Cl)cc3c(C)c4n(c23)CCNC4=O)cn1. The van der Waals surface area contributed by atoms with Gasteiger partial charge < -0.3 is 14.6 Å². The highest BCUT2D eigenvalue weighted by Gasteiger charge is 2.25. The molecule has 0 radical (unpaired) electrons. The van der Waals surface area contributed by atoms with Crippen LogP contribution in [-0.2, 0) is 6.54 Å². The van der Waals surface area contributed by atoms with Crippen molar-refractivity contribution in [2.24, 2.45) is 0 Å². The van der Waals surface area contributed by atoms with Crippen LogP contribution in [0.25, 0.3) is 22.0 Å². The lowest BCUT2D eigenvalue weighted by Crippen LogP contribution is -2.35. The largest absolute Gasteiger partial charge is 0.481 e. The minimum absolute atomic E-state index is 0.0371. The number of nitrogens with one attached hydrogen (secondary N) is 1. The maximum Gasteiger partial charge on any atom is 0.268 e. The molecule has 1 aliphatic heterocycles. The van der Waals surface area contributed by atoms with E-state index in [1.54, 1.807) is 13.3 Å². The van der Waals surface area contributed by atoms with Crippen LogP contribution in [0.2, 0.25) is 5.02 Å². The monoisotopic (exact) mass is 341 g/mol. The highest BCUT2D eigenvalue weighted by atomic mass is 35.5. The Hall–Kier alpha value is -2.53. The lowest BCUT2D eigenvalue weighted by molar-refractivity contribution is 0.0928. The van der Waals surface area contributed by atoms with Gasteiger partial charge in [0, 0.05) is 46.9 Å². The zero-order valence-electron chi connectivity index (χ0n) is 13.4. The van der Waals surface area contributed by atoms with Gasteiger partial charge in [0.25, 0.3) is 5.91 Å². The van der Waals surface area contributed by atoms with Crippen LogP contribution in [0.3, 0.4) is 0 Å². The second-order valence-electron chi connectivity index (χ2n) is 5.82. The van der Waals surface area contributed by atoms with Crippen LogP contribution >= 0.6 is 11.6 Å². The minimum atomic E-state index is -0.0371. The molecule has 3 heterocycles. The topological polar surface area (TPSA) is 56.1 Å². The first-order valence-corrected chi connectivity index (χ1v) is 8.09. The zero-order chi connectivity index (χ0) is 16.8. The molecule has 0 aliphatic carbocycles. The van der Waals surface area contributed by atoms with E-state index in [4.69, 9.17) is 16.3 Å². The van der Waals surface area contributed by atoms with Crippen molar-refractivity contribution in [2.75, 3.05) is 13.7 Å². The van der Waals surface area contributed by atoms with E-state index in [0.717, 1.165) is 34.1 Å². The van der Waals surface area contributed by atoms with Gasteiger partial charge in [0.15, 0.2) is 0 Å². The standard InChI is InChI=1S/C18H16ClN3O2/c1-10-13-7-12(19)8-14(11-3-4-15(24-2)21-9-11)17(13)22-6-5-20-18(23)16(10)22/h3-4,7-9H,5-6H2,1-2H3,(H,20,23). The third-order valence-electron chi connectivity index (χ3n) is 4.47. The first-order valence-electron chi connectivity index (χ1n) is 7.71. The van der Waals surface area contributed by atoms with E-state index in [1.165, 1.54) is 0 Å². The Morgan fingerprint density at radius 3 is 2.88 bits per heavy atom. The van der Waals surface area contributed by atoms with Gasteiger partial charge in [-0.1, -0.05) is 11.6 Å². The van der Waals surface area contributed by atoms with Crippen molar-refractivity contribution in [1.82, 2.24) is 14.9 Å². The first kappa shape index (κ1) is 15.0. The molecule has 0 saturated heterocycles. The van der Waals surface area contributed by atoms with Crippen LogP contribution in [0.4, 0.5) is 0 Å². The van der Waals surface area contributed by atoms with E-state index in [9.17, 15) is 4.79 Å². The third-order valence-corrected chi connectivity index (χ3v) is 4.68. The van der Waals surface area contributed by atoms with Gasteiger partial charge in [-0.3, -0.25) is 4.79 Å². The summed E-state index contributed by atoms with van der Waals surface area (Å²) in [6.07, 6.45) is 1.77. The summed E-state index contributed by atoms with van der Waals surface area (Å²) in [6.45, 7) is 3.33. The fourth-order valence-electron chi connectivity index (χ4n) is 3.38. The molecule has 122 valence electrons. The van der Waals surface area contributed by atoms with Crippen LogP contribution in [0.15, 0.2) is 30.5 Å². The summed E-state index contributed by atoms with van der Waals surface area (Å²) in [7, 11) is 1.59. The van der Waals surface area contributed by atoms with Gasteiger partial charge in [-0.05, 0) is 30.7 Å². The number of carbonyl (C=O) groups is 1. The van der Waals surface area contributed by atoms with Crippen LogP contribution < -0.4 is 10.1 Å². The highest BCUT2D eigenvalue weighted by molar-refractivity contribution is 6.32. The smallest absolute Gasteiger partial charge is 0.268 e. The number of nitrogens with zero attached hydrogens (tertiary/aromatic N) is 2. The van der Waals surface area contributed by atoms with Crippen molar-refractivity contribution in [2.45, 2.75) is 13.5 Å². The van der Waals surface area contributed by atoms with E-state index in [0.29, 0.717) is 23.1 Å². The van der Waals surface area contributed by atoms with Crippen molar-refractivity contribution < 1.29 is 9.53 Å². The van der Waals surface area contributed by atoms with Crippen LogP contribution in [-0.4, -0.2) is 29.1 Å². The number of carbonyl (C=O) groups excluding carboxylic acids is 1. The number of hydrogen-bond acceptors (Lipinski definition) is 3. The predicted molar refractivity (Wildman–Crippen MR) is 93.8 cm³/mol. The fourth-order valence-corrected chi connectivity index (χ4v) is 3.60. The van der Waals surface area contributed by atoms with E-state index in [1.807, 2.05) is 31.2 Å². The number of hydrogen-bond donors (Lipinski definition) is 1. The molecule has 0 spiro atoms. The normalized spacial score (nSPS) is 13.7. The molecule has 1 N–H and O–H groups in total. The Morgan fingerprint density at radius 2 is 2.17 bits per heavy atom. The molecule has 3 aromatic rings. The Balaban J connectivity index is 2.04. The van der Waals surface area contributed by atoms with Gasteiger partial charge in [-0.25, -0.2) is 4.98 Å². The molecular weight excluding hydrogens is 326 g/mol. The molecule has 24 heavy (non-hydrogen) atoms. The van der Waals surface area contributed by atoms with Crippen molar-refractivity contribution >= 4 is 28.4 Å². The summed E-state index contributed by atoms with van der Waals surface area (Å²) in [5.41, 5.74) is 4.59. The molecular formula is C18H16ClN3O2. The molecule has 0 saturated carbocycles. The Labute approximate surface area is 144 Å². The number of pyridine rings is 1. The molecule has 4 rings (SSSR count). The van der Waals surface area contributed by atoms with E-state index >= 15 is 0 Å². The molecule has 0 bridgehead atoms. The van der Waals surface area contributed by atoms with Gasteiger partial charge in [-0.2, -0.15) is 0 Å². The fraction of sp³-hybridized carbons (Fsp3) is 0.222. The number of methoxy groups -OCH3 is 1. The number of benzene rings is 1. The number of aromatic nitrogens is 2. The summed E-state index contributed by atoms with van der Waals surface area (Å²) < 4.78 is 7.21. The van der Waals surface area contributed by atoms with Crippen LogP contribution in [0.5, 0.6) is 5.88 Å². The molecule has 1 aromatic carbocycles. The van der Waals surface area contributed by atoms with Gasteiger partial charge in [0.2, 0.25) is 5.88 Å². The van der Waals surface area contributed by atoms with Crippen molar-refractivity contribution in [3.05, 3.63) is 46.7 Å². The van der Waals surface area contributed by atoms with Crippen LogP contribution in [0, 0.1) is 6.92 Å². The number of halogens is 1. The summed E-state index contributed by atoms with van der Waals surface area (Å²) in [4.78, 5) is 16.6. The summed E-state index contributed by atoms with van der Waals surface area (Å²) in [5.74, 6) is 0.523. The van der Waals surface area contributed by atoms with Crippen LogP contribution in [0.1, 0.15) is 16.1 Å². The third kappa shape index (κ3) is 2.16. The second kappa shape index (κ2) is 5.53. The summed E-state index contributed by atoms with van der Waals surface area (Å²) in [5, 5.41) is 4.55. The van der Waals surface area contributed by atoms with Crippen molar-refractivity contribution in [3.63, 3.8) is 0 Å². The second-order valence-corrected chi connectivity index (χ2v) is 6.26. The average molecular weight is 342 g/mol. The molecule has 6 heteroatoms. The lowest BCUT2D eigenvalue weighted by Gasteiger charge is -2.18. The lowest BCUT2D eigenvalue weighted by atomic mass is 10.0. The van der Waals surface area contributed by atoms with Gasteiger partial charge >= 0.3 is 0 Å². The number of amides is 1. The summed E-state index contributed by atoms with van der Waals surface area (Å²) in [6, 6.07) is 7.62.